The number of rotatable bonds is 10. The Labute approximate surface area is 232 Å². The van der Waals surface area contributed by atoms with Gasteiger partial charge in [-0.15, -0.1) is 0 Å². The summed E-state index contributed by atoms with van der Waals surface area (Å²) in [6, 6.07) is 18.9. The lowest BCUT2D eigenvalue weighted by atomic mass is 10.2. The van der Waals surface area contributed by atoms with Gasteiger partial charge in [0.2, 0.25) is 10.0 Å². The van der Waals surface area contributed by atoms with Crippen molar-refractivity contribution in [3.63, 3.8) is 0 Å². The summed E-state index contributed by atoms with van der Waals surface area (Å²) in [6.07, 6.45) is 3.34. The summed E-state index contributed by atoms with van der Waals surface area (Å²) >= 11 is 4.84. The third-order valence-corrected chi connectivity index (χ3v) is 9.01. The molecule has 2 heterocycles. The standard InChI is InChI=1S/C26H21BrN6O3S2/c27-21-7-10-23-24(16-21)37-26(31-23)33(18-19-4-1-13-30-17-19)25(34)20-5-8-22(9-6-20)38(35,36)32(14-2-11-28)15-3-12-29/h1,4-10,13,16-17H,2-3,14-15,18H2. The average molecular weight is 610 g/mol. The molecule has 0 aliphatic rings. The van der Waals surface area contributed by atoms with Gasteiger partial charge in [-0.25, -0.2) is 13.4 Å². The van der Waals surface area contributed by atoms with Crippen molar-refractivity contribution >= 4 is 58.5 Å². The lowest BCUT2D eigenvalue weighted by Gasteiger charge is -2.21. The first-order chi connectivity index (χ1) is 18.3. The zero-order chi connectivity index (χ0) is 27.1. The van der Waals surface area contributed by atoms with Crippen molar-refractivity contribution in [1.29, 1.82) is 10.5 Å². The van der Waals surface area contributed by atoms with Crippen molar-refractivity contribution in [2.24, 2.45) is 0 Å². The number of pyridine rings is 1. The van der Waals surface area contributed by atoms with E-state index in [1.54, 1.807) is 23.4 Å². The number of thiazole rings is 1. The zero-order valence-electron chi connectivity index (χ0n) is 20.0. The number of hydrogen-bond acceptors (Lipinski definition) is 8. The van der Waals surface area contributed by atoms with Crippen molar-refractivity contribution in [3.05, 3.63) is 82.6 Å². The average Bonchev–Trinajstić information content (AvgIpc) is 3.35. The van der Waals surface area contributed by atoms with E-state index in [1.807, 2.05) is 36.4 Å². The van der Waals surface area contributed by atoms with Crippen LogP contribution in [0, 0.1) is 22.7 Å². The van der Waals surface area contributed by atoms with Gasteiger partial charge in [-0.2, -0.15) is 14.8 Å². The van der Waals surface area contributed by atoms with E-state index in [1.165, 1.54) is 35.6 Å². The van der Waals surface area contributed by atoms with Crippen LogP contribution in [0.5, 0.6) is 0 Å². The second kappa shape index (κ2) is 12.2. The predicted molar refractivity (Wildman–Crippen MR) is 148 cm³/mol. The molecule has 9 nitrogen and oxygen atoms in total. The predicted octanol–water partition coefficient (Wildman–Crippen LogP) is 5.12. The first-order valence-electron chi connectivity index (χ1n) is 11.4. The molecule has 0 saturated carbocycles. The molecule has 0 N–H and O–H groups in total. The molecule has 12 heteroatoms. The number of carbonyl (C=O) groups is 1. The fourth-order valence-electron chi connectivity index (χ4n) is 3.68. The summed E-state index contributed by atoms with van der Waals surface area (Å²) in [4.78, 5) is 24.0. The van der Waals surface area contributed by atoms with E-state index in [9.17, 15) is 13.2 Å². The molecule has 2 aromatic heterocycles. The van der Waals surface area contributed by atoms with Gasteiger partial charge < -0.3 is 0 Å². The smallest absolute Gasteiger partial charge is 0.260 e. The molecule has 1 amide bonds. The molecule has 2 aromatic carbocycles. The van der Waals surface area contributed by atoms with E-state index in [0.717, 1.165) is 24.6 Å². The number of amides is 1. The van der Waals surface area contributed by atoms with Crippen molar-refractivity contribution in [2.45, 2.75) is 24.3 Å². The van der Waals surface area contributed by atoms with E-state index < -0.39 is 10.0 Å². The summed E-state index contributed by atoms with van der Waals surface area (Å²) in [6.45, 7) is 0.186. The van der Waals surface area contributed by atoms with Crippen LogP contribution >= 0.6 is 27.3 Å². The second-order valence-electron chi connectivity index (χ2n) is 8.11. The van der Waals surface area contributed by atoms with Gasteiger partial charge in [0.05, 0.1) is 33.8 Å². The van der Waals surface area contributed by atoms with Gasteiger partial charge in [-0.3, -0.25) is 14.7 Å². The second-order valence-corrected chi connectivity index (χ2v) is 12.0. The number of anilines is 1. The topological polar surface area (TPSA) is 131 Å². The van der Waals surface area contributed by atoms with Crippen LogP contribution in [0.1, 0.15) is 28.8 Å². The highest BCUT2D eigenvalue weighted by molar-refractivity contribution is 9.10. The van der Waals surface area contributed by atoms with Gasteiger partial charge in [-0.1, -0.05) is 33.3 Å². The van der Waals surface area contributed by atoms with E-state index in [4.69, 9.17) is 10.5 Å². The molecule has 4 aromatic rings. The molecule has 192 valence electrons. The van der Waals surface area contributed by atoms with Gasteiger partial charge in [0, 0.05) is 48.4 Å². The van der Waals surface area contributed by atoms with Gasteiger partial charge in [-0.05, 0) is 54.1 Å². The van der Waals surface area contributed by atoms with Crippen LogP contribution < -0.4 is 4.90 Å². The largest absolute Gasteiger partial charge is 0.279 e. The monoisotopic (exact) mass is 608 g/mol. The van der Waals surface area contributed by atoms with E-state index >= 15 is 0 Å². The molecule has 0 spiro atoms. The minimum Gasteiger partial charge on any atom is -0.279 e. The Bertz CT molecular complexity index is 1610. The SMILES string of the molecule is N#CCCN(CCC#N)S(=O)(=O)c1ccc(C(=O)N(Cc2cccnc2)c2nc3ccc(Br)cc3s2)cc1. The van der Waals surface area contributed by atoms with Crippen LogP contribution in [-0.4, -0.2) is 41.7 Å². The highest BCUT2D eigenvalue weighted by Gasteiger charge is 2.26. The Hall–Kier alpha value is -3.68. The molecular formula is C26H21BrN6O3S2. The van der Waals surface area contributed by atoms with Crippen LogP contribution in [0.2, 0.25) is 0 Å². The van der Waals surface area contributed by atoms with Crippen molar-refractivity contribution in [3.8, 4) is 12.1 Å². The van der Waals surface area contributed by atoms with E-state index in [0.29, 0.717) is 5.13 Å². The van der Waals surface area contributed by atoms with Crippen molar-refractivity contribution < 1.29 is 13.2 Å². The van der Waals surface area contributed by atoms with Crippen LogP contribution in [0.3, 0.4) is 0 Å². The van der Waals surface area contributed by atoms with Gasteiger partial charge >= 0.3 is 0 Å². The van der Waals surface area contributed by atoms with Crippen LogP contribution in [0.25, 0.3) is 10.2 Å². The van der Waals surface area contributed by atoms with E-state index in [2.05, 4.69) is 25.9 Å². The number of aromatic nitrogens is 2. The van der Waals surface area contributed by atoms with Crippen LogP contribution in [0.15, 0.2) is 76.4 Å². The summed E-state index contributed by atoms with van der Waals surface area (Å²) in [5, 5.41) is 18.3. The molecule has 0 aliphatic heterocycles. The zero-order valence-corrected chi connectivity index (χ0v) is 23.2. The number of benzene rings is 2. The maximum atomic E-state index is 13.7. The summed E-state index contributed by atoms with van der Waals surface area (Å²) < 4.78 is 29.2. The van der Waals surface area contributed by atoms with Crippen molar-refractivity contribution in [1.82, 2.24) is 14.3 Å². The van der Waals surface area contributed by atoms with Gasteiger partial charge in [0.25, 0.3) is 5.91 Å². The highest BCUT2D eigenvalue weighted by atomic mass is 79.9. The molecule has 4 rings (SSSR count). The quantitative estimate of drug-likeness (QED) is 0.244. The Morgan fingerprint density at radius 3 is 2.37 bits per heavy atom. The molecule has 38 heavy (non-hydrogen) atoms. The summed E-state index contributed by atoms with van der Waals surface area (Å²) in [5.74, 6) is -0.346. The molecule has 0 saturated heterocycles. The van der Waals surface area contributed by atoms with Gasteiger partial charge in [0.15, 0.2) is 5.13 Å². The number of nitrogens with zero attached hydrogens (tertiary/aromatic N) is 6. The Balaban J connectivity index is 1.66. The summed E-state index contributed by atoms with van der Waals surface area (Å²) in [7, 11) is -3.95. The number of carbonyl (C=O) groups excluding carboxylic acids is 1. The number of sulfonamides is 1. The Kier molecular flexibility index (Phi) is 8.81. The lowest BCUT2D eigenvalue weighted by molar-refractivity contribution is 0.0985. The minimum atomic E-state index is -3.95. The summed E-state index contributed by atoms with van der Waals surface area (Å²) in [5.41, 5.74) is 1.86. The molecule has 0 fully saturated rings. The van der Waals surface area contributed by atoms with Gasteiger partial charge in [0.1, 0.15) is 0 Å². The third kappa shape index (κ3) is 6.23. The molecule has 0 unspecified atom stereocenters. The first-order valence-corrected chi connectivity index (χ1v) is 14.5. The Morgan fingerprint density at radius 1 is 1.03 bits per heavy atom. The van der Waals surface area contributed by atoms with Crippen LogP contribution in [0.4, 0.5) is 5.13 Å². The molecular weight excluding hydrogens is 588 g/mol. The fraction of sp³-hybridized carbons (Fsp3) is 0.192. The number of nitriles is 2. The number of halogens is 1. The molecule has 0 radical (unpaired) electrons. The Morgan fingerprint density at radius 2 is 1.74 bits per heavy atom. The number of fused-ring (bicyclic) bond motifs is 1. The normalized spacial score (nSPS) is 11.3. The highest BCUT2D eigenvalue weighted by Crippen LogP contribution is 2.32. The first kappa shape index (κ1) is 27.4. The maximum absolute atomic E-state index is 13.7. The number of hydrogen-bond donors (Lipinski definition) is 0. The molecule has 0 bridgehead atoms. The molecule has 0 atom stereocenters. The molecule has 0 aliphatic carbocycles. The van der Waals surface area contributed by atoms with E-state index in [-0.39, 0.29) is 48.8 Å². The lowest BCUT2D eigenvalue weighted by Crippen LogP contribution is -2.33. The van der Waals surface area contributed by atoms with Crippen molar-refractivity contribution in [2.75, 3.05) is 18.0 Å². The fourth-order valence-corrected chi connectivity index (χ4v) is 6.63. The maximum Gasteiger partial charge on any atom is 0.260 e. The minimum absolute atomic E-state index is 0.00324. The third-order valence-electron chi connectivity index (χ3n) is 5.56. The van der Waals surface area contributed by atoms with Crippen LogP contribution in [-0.2, 0) is 16.6 Å².